The van der Waals surface area contributed by atoms with Gasteiger partial charge in [0.15, 0.2) is 23.1 Å². The Labute approximate surface area is 227 Å². The number of rotatable bonds is 2. The molecule has 2 saturated heterocycles. The topological polar surface area (TPSA) is 55.8 Å². The van der Waals surface area contributed by atoms with Crippen molar-refractivity contribution in [3.8, 4) is 11.5 Å². The fourth-order valence-electron chi connectivity index (χ4n) is 8.61. The van der Waals surface area contributed by atoms with Gasteiger partial charge in [0.05, 0.1) is 12.7 Å². The lowest BCUT2D eigenvalue weighted by Gasteiger charge is -2.49. The van der Waals surface area contributed by atoms with Crippen LogP contribution in [-0.2, 0) is 5.54 Å². The number of hydrogen-bond donors (Lipinski definition) is 0. The maximum Gasteiger partial charge on any atom is 0.189 e. The molecule has 4 aromatic rings. The summed E-state index contributed by atoms with van der Waals surface area (Å²) < 4.78 is 12.3. The van der Waals surface area contributed by atoms with E-state index in [9.17, 15) is 0 Å². The first-order chi connectivity index (χ1) is 19.0. The van der Waals surface area contributed by atoms with Gasteiger partial charge in [-0.25, -0.2) is 0 Å². The smallest absolute Gasteiger partial charge is 0.189 e. The van der Waals surface area contributed by atoms with Gasteiger partial charge < -0.3 is 9.47 Å². The van der Waals surface area contributed by atoms with E-state index in [0.29, 0.717) is 22.6 Å². The maximum absolute atomic E-state index is 15.3. The molecular weight excluding hydrogens is 486 g/mol. The second-order valence-corrected chi connectivity index (χ2v) is 11.5. The van der Waals surface area contributed by atoms with E-state index in [1.807, 2.05) is 55.5 Å². The van der Waals surface area contributed by atoms with Crippen molar-refractivity contribution < 1.29 is 19.1 Å². The van der Waals surface area contributed by atoms with Crippen LogP contribution in [0.3, 0.4) is 0 Å². The van der Waals surface area contributed by atoms with E-state index >= 15 is 9.59 Å². The number of aryl methyl sites for hydroxylation is 1. The Hall–Kier alpha value is -3.96. The van der Waals surface area contributed by atoms with Crippen molar-refractivity contribution in [2.75, 3.05) is 20.3 Å². The van der Waals surface area contributed by atoms with Crippen LogP contribution in [0.15, 0.2) is 78.9 Å². The summed E-state index contributed by atoms with van der Waals surface area (Å²) in [5.74, 6) is 0.836. The lowest BCUT2D eigenvalue weighted by molar-refractivity contribution is 0.00333. The standard InChI is InChI=1S/C34H29NO4/c1-20-17-24-30(27(18-20)38-2)39-19-33(31(24)36)29(22-9-4-3-5-10-22)26-15-8-16-35(26)34(33)25-14-7-12-21-11-6-13-23(28(21)25)32(34)37/h3-7,9-14,17-18,26,29H,8,15-16,19H2,1-2H3/t26?,29-,33-,34+/m1/s1. The molecule has 5 heteroatoms. The van der Waals surface area contributed by atoms with Gasteiger partial charge in [0.25, 0.3) is 0 Å². The Kier molecular flexibility index (Phi) is 4.59. The number of fused-ring (bicyclic) bond motifs is 5. The van der Waals surface area contributed by atoms with Crippen molar-refractivity contribution in [1.82, 2.24) is 4.90 Å². The van der Waals surface area contributed by atoms with Crippen LogP contribution in [-0.4, -0.2) is 42.8 Å². The van der Waals surface area contributed by atoms with Gasteiger partial charge in [0.2, 0.25) is 0 Å². The second-order valence-electron chi connectivity index (χ2n) is 11.5. The highest BCUT2D eigenvalue weighted by Gasteiger charge is 2.78. The van der Waals surface area contributed by atoms with Crippen molar-refractivity contribution in [3.05, 3.63) is 107 Å². The average Bonchev–Trinajstić information content (AvgIpc) is 3.60. The first kappa shape index (κ1) is 23.0. The summed E-state index contributed by atoms with van der Waals surface area (Å²) in [5.41, 5.74) is 1.89. The molecule has 8 rings (SSSR count). The molecule has 2 fully saturated rings. The van der Waals surface area contributed by atoms with Crippen molar-refractivity contribution >= 4 is 22.3 Å². The molecule has 194 valence electrons. The van der Waals surface area contributed by atoms with Crippen LogP contribution >= 0.6 is 0 Å². The molecule has 3 heterocycles. The molecule has 0 N–H and O–H groups in total. The fraction of sp³-hybridized carbons (Fsp3) is 0.294. The average molecular weight is 516 g/mol. The zero-order valence-corrected chi connectivity index (χ0v) is 22.1. The molecule has 39 heavy (non-hydrogen) atoms. The Balaban J connectivity index is 1.50. The van der Waals surface area contributed by atoms with Gasteiger partial charge >= 0.3 is 0 Å². The van der Waals surface area contributed by atoms with Gasteiger partial charge in [-0.2, -0.15) is 0 Å². The van der Waals surface area contributed by atoms with Crippen LogP contribution in [0.2, 0.25) is 0 Å². The molecular formula is C34H29NO4. The van der Waals surface area contributed by atoms with Gasteiger partial charge in [0, 0.05) is 17.5 Å². The van der Waals surface area contributed by atoms with Gasteiger partial charge in [-0.05, 0) is 65.9 Å². The molecule has 1 aliphatic carbocycles. The maximum atomic E-state index is 15.3. The minimum atomic E-state index is -1.15. The third kappa shape index (κ3) is 2.55. The van der Waals surface area contributed by atoms with E-state index in [0.717, 1.165) is 46.8 Å². The fourth-order valence-corrected chi connectivity index (χ4v) is 8.61. The molecule has 3 aliphatic heterocycles. The second kappa shape index (κ2) is 7.80. The van der Waals surface area contributed by atoms with E-state index in [4.69, 9.17) is 9.47 Å². The van der Waals surface area contributed by atoms with E-state index in [1.54, 1.807) is 7.11 Å². The van der Waals surface area contributed by atoms with Crippen molar-refractivity contribution in [2.45, 2.75) is 37.3 Å². The van der Waals surface area contributed by atoms with Gasteiger partial charge in [-0.15, -0.1) is 0 Å². The molecule has 2 spiro atoms. The van der Waals surface area contributed by atoms with Crippen LogP contribution in [0, 0.1) is 12.3 Å². The zero-order chi connectivity index (χ0) is 26.5. The largest absolute Gasteiger partial charge is 0.493 e. The molecule has 4 aliphatic rings. The number of ether oxygens (including phenoxy) is 2. The number of nitrogens with zero attached hydrogens (tertiary/aromatic N) is 1. The van der Waals surface area contributed by atoms with Crippen LogP contribution in [0.4, 0.5) is 0 Å². The minimum Gasteiger partial charge on any atom is -0.493 e. The van der Waals surface area contributed by atoms with Crippen molar-refractivity contribution in [3.63, 3.8) is 0 Å². The lowest BCUT2D eigenvalue weighted by atomic mass is 9.55. The number of carbonyl (C=O) groups is 2. The molecule has 0 saturated carbocycles. The predicted octanol–water partition coefficient (Wildman–Crippen LogP) is 6.07. The van der Waals surface area contributed by atoms with E-state index in [2.05, 4.69) is 35.2 Å². The van der Waals surface area contributed by atoms with Crippen LogP contribution in [0.25, 0.3) is 10.8 Å². The Bertz CT molecular complexity index is 1710. The van der Waals surface area contributed by atoms with E-state index in [1.165, 1.54) is 0 Å². The number of methoxy groups -OCH3 is 1. The summed E-state index contributed by atoms with van der Waals surface area (Å²) in [6.45, 7) is 2.84. The number of benzene rings is 4. The van der Waals surface area contributed by atoms with Gasteiger partial charge in [-0.1, -0.05) is 66.7 Å². The van der Waals surface area contributed by atoms with Gasteiger partial charge in [0.1, 0.15) is 17.6 Å². The highest BCUT2D eigenvalue weighted by atomic mass is 16.5. The van der Waals surface area contributed by atoms with Crippen LogP contribution in [0.1, 0.15) is 56.2 Å². The van der Waals surface area contributed by atoms with E-state index in [-0.39, 0.29) is 30.1 Å². The molecule has 0 bridgehead atoms. The number of Topliss-reactive ketones (excluding diaryl/α,β-unsaturated/α-hetero) is 2. The SMILES string of the molecule is COc1cc(C)cc2c1OC[C@]1(C2=O)[C@H](c2ccccc2)C2CCCN2[C@@]12C(=O)c1cccc3cccc2c13. The molecule has 1 unspecified atom stereocenters. The third-order valence-electron chi connectivity index (χ3n) is 9.83. The summed E-state index contributed by atoms with van der Waals surface area (Å²) in [4.78, 5) is 32.8. The zero-order valence-electron chi connectivity index (χ0n) is 22.1. The van der Waals surface area contributed by atoms with Crippen LogP contribution < -0.4 is 9.47 Å². The Morgan fingerprint density at radius 2 is 1.72 bits per heavy atom. The Morgan fingerprint density at radius 3 is 2.51 bits per heavy atom. The number of ketones is 2. The van der Waals surface area contributed by atoms with Crippen molar-refractivity contribution in [1.29, 1.82) is 0 Å². The normalized spacial score (nSPS) is 28.8. The molecule has 5 nitrogen and oxygen atoms in total. The summed E-state index contributed by atoms with van der Waals surface area (Å²) in [7, 11) is 1.60. The molecule has 0 amide bonds. The first-order valence-electron chi connectivity index (χ1n) is 13.8. The lowest BCUT2D eigenvalue weighted by Crippen LogP contribution is -2.62. The summed E-state index contributed by atoms with van der Waals surface area (Å²) in [6.07, 6.45) is 1.92. The van der Waals surface area contributed by atoms with Gasteiger partial charge in [-0.3, -0.25) is 14.5 Å². The van der Waals surface area contributed by atoms with Crippen LogP contribution in [0.5, 0.6) is 11.5 Å². The third-order valence-corrected chi connectivity index (χ3v) is 9.83. The quantitative estimate of drug-likeness (QED) is 0.324. The summed E-state index contributed by atoms with van der Waals surface area (Å²) in [5, 5.41) is 2.01. The molecule has 0 radical (unpaired) electrons. The summed E-state index contributed by atoms with van der Waals surface area (Å²) in [6, 6.07) is 26.3. The molecule has 4 aromatic carbocycles. The monoisotopic (exact) mass is 515 g/mol. The number of carbonyl (C=O) groups excluding carboxylic acids is 2. The summed E-state index contributed by atoms with van der Waals surface area (Å²) >= 11 is 0. The highest BCUT2D eigenvalue weighted by Crippen LogP contribution is 2.70. The Morgan fingerprint density at radius 1 is 0.923 bits per heavy atom. The highest BCUT2D eigenvalue weighted by molar-refractivity contribution is 6.24. The number of hydrogen-bond acceptors (Lipinski definition) is 5. The van der Waals surface area contributed by atoms with Crippen molar-refractivity contribution in [2.24, 2.45) is 5.41 Å². The van der Waals surface area contributed by atoms with E-state index < -0.39 is 11.0 Å². The predicted molar refractivity (Wildman–Crippen MR) is 149 cm³/mol. The molecule has 4 atom stereocenters. The minimum absolute atomic E-state index is 0.0211. The molecule has 0 aromatic heterocycles. The first-order valence-corrected chi connectivity index (χ1v) is 13.8.